The van der Waals surface area contributed by atoms with E-state index in [1.165, 1.54) is 42.1 Å². The van der Waals surface area contributed by atoms with Gasteiger partial charge in [-0.3, -0.25) is 19.2 Å². The van der Waals surface area contributed by atoms with Gasteiger partial charge in [-0.25, -0.2) is 18.5 Å². The minimum Gasteiger partial charge on any atom is -0.321 e. The molecule has 4 aromatic rings. The molecule has 4 amide bonds. The largest absolute Gasteiger partial charge is 0.321 e. The molecule has 4 aromatic carbocycles. The van der Waals surface area contributed by atoms with E-state index in [1.807, 2.05) is 0 Å². The van der Waals surface area contributed by atoms with E-state index in [-0.39, 0.29) is 22.7 Å². The summed E-state index contributed by atoms with van der Waals surface area (Å²) >= 11 is 7.30. The first-order chi connectivity index (χ1) is 21.5. The maximum atomic E-state index is 13.3. The molecule has 1 aliphatic rings. The maximum Gasteiger partial charge on any atom is 0.272 e. The Balaban J connectivity index is 1.27. The van der Waals surface area contributed by atoms with Crippen molar-refractivity contribution in [2.45, 2.75) is 21.5 Å². The van der Waals surface area contributed by atoms with Crippen LogP contribution >= 0.6 is 23.4 Å². The van der Waals surface area contributed by atoms with Crippen LogP contribution in [0.3, 0.4) is 0 Å². The first kappa shape index (κ1) is 31.7. The maximum absolute atomic E-state index is 13.3. The van der Waals surface area contributed by atoms with E-state index in [0.717, 1.165) is 4.90 Å². The number of amides is 4. The highest BCUT2D eigenvalue weighted by Gasteiger charge is 2.40. The summed E-state index contributed by atoms with van der Waals surface area (Å²) in [6.45, 7) is 0. The molecule has 10 nitrogen and oxygen atoms in total. The molecule has 1 unspecified atom stereocenters. The fourth-order valence-corrected chi connectivity index (χ4v) is 6.21. The van der Waals surface area contributed by atoms with Crippen molar-refractivity contribution in [2.24, 2.45) is 5.14 Å². The van der Waals surface area contributed by atoms with Crippen LogP contribution in [-0.4, -0.2) is 37.3 Å². The molecule has 13 heteroatoms. The van der Waals surface area contributed by atoms with Gasteiger partial charge in [0.05, 0.1) is 15.8 Å². The first-order valence-electron chi connectivity index (χ1n) is 13.4. The van der Waals surface area contributed by atoms with E-state index < -0.39 is 38.9 Å². The zero-order valence-electron chi connectivity index (χ0n) is 23.3. The van der Waals surface area contributed by atoms with Crippen LogP contribution in [0.25, 0.3) is 6.08 Å². The topological polar surface area (TPSA) is 156 Å². The number of thioether (sulfide) groups is 1. The highest BCUT2D eigenvalue weighted by molar-refractivity contribution is 8.00. The molecule has 0 saturated carbocycles. The summed E-state index contributed by atoms with van der Waals surface area (Å²) in [5, 5.41) is 10.3. The van der Waals surface area contributed by atoms with Crippen molar-refractivity contribution < 1.29 is 27.6 Å². The molecule has 0 spiro atoms. The highest BCUT2D eigenvalue weighted by Crippen LogP contribution is 2.34. The SMILES string of the molecule is NS(=O)(=O)c1ccc(N2C(=O)CC(Sc3ccc(NC(=O)/C(=C/c4cccc(Cl)c4)NC(=O)c4ccccc4)cc3)C2=O)cc1. The Bertz CT molecular complexity index is 1920. The molecule has 5 rings (SSSR count). The van der Waals surface area contributed by atoms with Gasteiger partial charge < -0.3 is 10.6 Å². The zero-order chi connectivity index (χ0) is 32.1. The Hall–Kier alpha value is -4.75. The predicted octanol–water partition coefficient (Wildman–Crippen LogP) is 4.82. The molecule has 0 radical (unpaired) electrons. The van der Waals surface area contributed by atoms with Gasteiger partial charge in [0.25, 0.3) is 11.8 Å². The minimum absolute atomic E-state index is 0.00294. The molecule has 4 N–H and O–H groups in total. The number of hydrogen-bond donors (Lipinski definition) is 3. The van der Waals surface area contributed by atoms with E-state index in [1.54, 1.807) is 78.9 Å². The van der Waals surface area contributed by atoms with E-state index in [0.29, 0.717) is 26.7 Å². The third-order valence-electron chi connectivity index (χ3n) is 6.61. The van der Waals surface area contributed by atoms with E-state index in [4.69, 9.17) is 16.7 Å². The lowest BCUT2D eigenvalue weighted by molar-refractivity contribution is -0.121. The third kappa shape index (κ3) is 7.86. The standard InChI is InChI=1S/C32H25ClN4O6S2/c33-22-8-4-5-20(17-22)18-27(36-30(39)21-6-2-1-3-7-21)31(40)35-23-9-13-25(14-10-23)44-28-19-29(38)37(32(28)41)24-11-15-26(16-12-24)45(34,42)43/h1-18,28H,19H2,(H,35,40)(H,36,39)(H2,34,42,43)/b27-18-. The summed E-state index contributed by atoms with van der Waals surface area (Å²) in [5.41, 5.74) is 1.66. The average Bonchev–Trinajstić information content (AvgIpc) is 3.29. The molecule has 0 bridgehead atoms. The quantitative estimate of drug-likeness (QED) is 0.172. The minimum atomic E-state index is -3.92. The highest BCUT2D eigenvalue weighted by atomic mass is 35.5. The van der Waals surface area contributed by atoms with Crippen molar-refractivity contribution in [1.29, 1.82) is 0 Å². The van der Waals surface area contributed by atoms with Gasteiger partial charge in [0.15, 0.2) is 0 Å². The van der Waals surface area contributed by atoms with Gasteiger partial charge in [-0.1, -0.05) is 41.9 Å². The Kier molecular flexibility index (Phi) is 9.49. The molecule has 45 heavy (non-hydrogen) atoms. The van der Waals surface area contributed by atoms with Gasteiger partial charge in [0, 0.05) is 27.6 Å². The molecule has 0 aromatic heterocycles. The van der Waals surface area contributed by atoms with Gasteiger partial charge in [-0.15, -0.1) is 11.8 Å². The molecular weight excluding hydrogens is 636 g/mol. The number of rotatable bonds is 9. The van der Waals surface area contributed by atoms with Crippen LogP contribution in [0.1, 0.15) is 22.3 Å². The van der Waals surface area contributed by atoms with Crippen LogP contribution in [0, 0.1) is 0 Å². The first-order valence-corrected chi connectivity index (χ1v) is 16.2. The second-order valence-corrected chi connectivity index (χ2v) is 13.1. The number of halogens is 1. The molecule has 1 atom stereocenters. The van der Waals surface area contributed by atoms with Crippen LogP contribution in [0.2, 0.25) is 5.02 Å². The lowest BCUT2D eigenvalue weighted by atomic mass is 10.1. The number of benzene rings is 4. The summed E-state index contributed by atoms with van der Waals surface area (Å²) in [7, 11) is -3.92. The number of sulfonamides is 1. The molecule has 1 fully saturated rings. The Morgan fingerprint density at radius 1 is 0.911 bits per heavy atom. The van der Waals surface area contributed by atoms with Gasteiger partial charge in [0.2, 0.25) is 21.8 Å². The molecule has 228 valence electrons. The smallest absolute Gasteiger partial charge is 0.272 e. The summed E-state index contributed by atoms with van der Waals surface area (Å²) in [6.07, 6.45) is 1.47. The molecular formula is C32H25ClN4O6S2. The van der Waals surface area contributed by atoms with E-state index >= 15 is 0 Å². The van der Waals surface area contributed by atoms with Crippen LogP contribution < -0.4 is 20.7 Å². The van der Waals surface area contributed by atoms with E-state index in [9.17, 15) is 27.6 Å². The molecule has 1 saturated heterocycles. The number of primary sulfonamides is 1. The van der Waals surface area contributed by atoms with Crippen LogP contribution in [0.4, 0.5) is 11.4 Å². The van der Waals surface area contributed by atoms with Crippen molar-refractivity contribution in [3.05, 3.63) is 125 Å². The Morgan fingerprint density at radius 3 is 2.24 bits per heavy atom. The van der Waals surface area contributed by atoms with Crippen LogP contribution in [0.15, 0.2) is 119 Å². The lowest BCUT2D eigenvalue weighted by Gasteiger charge is -2.15. The number of nitrogens with zero attached hydrogens (tertiary/aromatic N) is 1. The van der Waals surface area contributed by atoms with Crippen molar-refractivity contribution in [3.63, 3.8) is 0 Å². The molecule has 0 aliphatic carbocycles. The van der Waals surface area contributed by atoms with Crippen LogP contribution in [0.5, 0.6) is 0 Å². The summed E-state index contributed by atoms with van der Waals surface area (Å²) < 4.78 is 23.1. The summed E-state index contributed by atoms with van der Waals surface area (Å²) in [6, 6.07) is 27.2. The monoisotopic (exact) mass is 660 g/mol. The Morgan fingerprint density at radius 2 is 1.60 bits per heavy atom. The predicted molar refractivity (Wildman–Crippen MR) is 173 cm³/mol. The number of imide groups is 1. The summed E-state index contributed by atoms with van der Waals surface area (Å²) in [4.78, 5) is 53.5. The van der Waals surface area contributed by atoms with Crippen molar-refractivity contribution in [2.75, 3.05) is 10.2 Å². The van der Waals surface area contributed by atoms with Crippen molar-refractivity contribution in [3.8, 4) is 0 Å². The van der Waals surface area contributed by atoms with Gasteiger partial charge >= 0.3 is 0 Å². The lowest BCUT2D eigenvalue weighted by Crippen LogP contribution is -2.31. The van der Waals surface area contributed by atoms with Gasteiger partial charge in [-0.05, 0) is 84.4 Å². The Labute approximate surface area is 268 Å². The van der Waals surface area contributed by atoms with Crippen molar-refractivity contribution in [1.82, 2.24) is 5.32 Å². The number of nitrogens with two attached hydrogens (primary N) is 1. The average molecular weight is 661 g/mol. The van der Waals surface area contributed by atoms with Gasteiger partial charge in [-0.2, -0.15) is 0 Å². The normalized spacial score (nSPS) is 15.2. The number of carbonyl (C=O) groups is 4. The van der Waals surface area contributed by atoms with Crippen molar-refractivity contribution >= 4 is 74.5 Å². The fraction of sp³-hybridized carbons (Fsp3) is 0.0625. The second kappa shape index (κ2) is 13.5. The summed E-state index contributed by atoms with van der Waals surface area (Å²) in [5.74, 6) is -1.88. The van der Waals surface area contributed by atoms with Crippen LogP contribution in [-0.2, 0) is 24.4 Å². The number of anilines is 2. The zero-order valence-corrected chi connectivity index (χ0v) is 25.7. The number of hydrogen-bond acceptors (Lipinski definition) is 7. The second-order valence-electron chi connectivity index (χ2n) is 9.83. The van der Waals surface area contributed by atoms with Gasteiger partial charge in [0.1, 0.15) is 5.70 Å². The van der Waals surface area contributed by atoms with E-state index in [2.05, 4.69) is 10.6 Å². The molecule has 1 aliphatic heterocycles. The third-order valence-corrected chi connectivity index (χ3v) is 8.97. The molecule has 1 heterocycles. The number of nitrogens with one attached hydrogen (secondary N) is 2. The number of carbonyl (C=O) groups excluding carboxylic acids is 4. The fourth-order valence-electron chi connectivity index (χ4n) is 4.44.